The SMILES string of the molecule is Cc1cscc1CN=C1NC(c2ccccc2)CS1. The molecule has 0 radical (unpaired) electrons. The van der Waals surface area contributed by atoms with E-state index in [4.69, 9.17) is 0 Å². The molecule has 1 aliphatic heterocycles. The largest absolute Gasteiger partial charge is 0.357 e. The number of benzene rings is 1. The Hall–Kier alpha value is -1.26. The second-order valence-electron chi connectivity index (χ2n) is 4.62. The summed E-state index contributed by atoms with van der Waals surface area (Å²) in [5.41, 5.74) is 4.02. The molecule has 0 spiro atoms. The topological polar surface area (TPSA) is 24.4 Å². The molecule has 0 bridgehead atoms. The van der Waals surface area contributed by atoms with E-state index < -0.39 is 0 Å². The van der Waals surface area contributed by atoms with Gasteiger partial charge in [-0.05, 0) is 34.4 Å². The molecule has 1 N–H and O–H groups in total. The zero-order valence-corrected chi connectivity index (χ0v) is 12.4. The fourth-order valence-electron chi connectivity index (χ4n) is 2.06. The van der Waals surface area contributed by atoms with Gasteiger partial charge in [-0.2, -0.15) is 11.3 Å². The number of amidine groups is 1. The Kier molecular flexibility index (Phi) is 3.89. The fraction of sp³-hybridized carbons (Fsp3) is 0.267. The predicted octanol–water partition coefficient (Wildman–Crippen LogP) is 3.99. The van der Waals surface area contributed by atoms with Gasteiger partial charge in [0.05, 0.1) is 12.6 Å². The van der Waals surface area contributed by atoms with Gasteiger partial charge in [0.1, 0.15) is 0 Å². The second kappa shape index (κ2) is 5.80. The molecule has 2 nitrogen and oxygen atoms in total. The van der Waals surface area contributed by atoms with Gasteiger partial charge in [0.2, 0.25) is 0 Å². The van der Waals surface area contributed by atoms with Gasteiger partial charge in [-0.1, -0.05) is 42.1 Å². The Labute approximate surface area is 122 Å². The molecule has 2 aromatic rings. The smallest absolute Gasteiger partial charge is 0.157 e. The fourth-order valence-corrected chi connectivity index (χ4v) is 3.89. The van der Waals surface area contributed by atoms with Crippen LogP contribution in [0.3, 0.4) is 0 Å². The number of hydrogen-bond donors (Lipinski definition) is 1. The highest BCUT2D eigenvalue weighted by Gasteiger charge is 2.21. The lowest BCUT2D eigenvalue weighted by atomic mass is 10.1. The monoisotopic (exact) mass is 288 g/mol. The van der Waals surface area contributed by atoms with Crippen molar-refractivity contribution in [2.75, 3.05) is 5.75 Å². The van der Waals surface area contributed by atoms with E-state index in [1.807, 2.05) is 11.8 Å². The standard InChI is InChI=1S/C15H16N2S2/c1-11-8-18-9-13(11)7-16-15-17-14(10-19-15)12-5-3-2-4-6-12/h2-6,8-9,14H,7,10H2,1H3,(H,16,17). The maximum Gasteiger partial charge on any atom is 0.157 e. The van der Waals surface area contributed by atoms with Gasteiger partial charge < -0.3 is 5.32 Å². The van der Waals surface area contributed by atoms with Gasteiger partial charge in [0.25, 0.3) is 0 Å². The first-order chi connectivity index (χ1) is 9.33. The van der Waals surface area contributed by atoms with Crippen molar-refractivity contribution in [1.29, 1.82) is 0 Å². The van der Waals surface area contributed by atoms with Crippen molar-refractivity contribution in [3.8, 4) is 0 Å². The van der Waals surface area contributed by atoms with Crippen molar-refractivity contribution < 1.29 is 0 Å². The highest BCUT2D eigenvalue weighted by atomic mass is 32.2. The summed E-state index contributed by atoms with van der Waals surface area (Å²) >= 11 is 3.56. The van der Waals surface area contributed by atoms with E-state index in [0.717, 1.165) is 17.5 Å². The summed E-state index contributed by atoms with van der Waals surface area (Å²) in [4.78, 5) is 4.68. The number of rotatable bonds is 3. The molecule has 1 aromatic heterocycles. The van der Waals surface area contributed by atoms with Crippen LogP contribution in [0.4, 0.5) is 0 Å². The Morgan fingerprint density at radius 1 is 1.26 bits per heavy atom. The predicted molar refractivity (Wildman–Crippen MR) is 85.0 cm³/mol. The molecule has 1 saturated heterocycles. The van der Waals surface area contributed by atoms with E-state index in [1.165, 1.54) is 16.7 Å². The van der Waals surface area contributed by atoms with Gasteiger partial charge in [-0.3, -0.25) is 4.99 Å². The molecular formula is C15H16N2S2. The first-order valence-corrected chi connectivity index (χ1v) is 8.26. The van der Waals surface area contributed by atoms with Crippen LogP contribution in [0.5, 0.6) is 0 Å². The van der Waals surface area contributed by atoms with E-state index in [9.17, 15) is 0 Å². The summed E-state index contributed by atoms with van der Waals surface area (Å²) in [6.45, 7) is 2.93. The van der Waals surface area contributed by atoms with Gasteiger partial charge in [-0.25, -0.2) is 0 Å². The van der Waals surface area contributed by atoms with E-state index in [1.54, 1.807) is 11.3 Å². The molecule has 1 atom stereocenters. The Bertz CT molecular complexity index is 575. The van der Waals surface area contributed by atoms with Crippen LogP contribution in [-0.4, -0.2) is 10.9 Å². The van der Waals surface area contributed by atoms with Gasteiger partial charge in [0, 0.05) is 5.75 Å². The van der Waals surface area contributed by atoms with Crippen LogP contribution in [0.25, 0.3) is 0 Å². The maximum atomic E-state index is 4.68. The van der Waals surface area contributed by atoms with Gasteiger partial charge in [-0.15, -0.1) is 0 Å². The molecule has 0 aliphatic carbocycles. The first-order valence-electron chi connectivity index (χ1n) is 6.33. The van der Waals surface area contributed by atoms with Crippen LogP contribution in [0, 0.1) is 6.92 Å². The zero-order chi connectivity index (χ0) is 13.1. The van der Waals surface area contributed by atoms with Crippen LogP contribution in [0.2, 0.25) is 0 Å². The highest BCUT2D eigenvalue weighted by Crippen LogP contribution is 2.26. The van der Waals surface area contributed by atoms with Crippen molar-refractivity contribution in [3.63, 3.8) is 0 Å². The molecule has 0 saturated carbocycles. The lowest BCUT2D eigenvalue weighted by Gasteiger charge is -2.09. The minimum atomic E-state index is 0.397. The average molecular weight is 288 g/mol. The number of nitrogens with zero attached hydrogens (tertiary/aromatic N) is 1. The molecule has 1 aromatic carbocycles. The highest BCUT2D eigenvalue weighted by molar-refractivity contribution is 8.14. The van der Waals surface area contributed by atoms with Crippen LogP contribution in [-0.2, 0) is 6.54 Å². The summed E-state index contributed by atoms with van der Waals surface area (Å²) in [5.74, 6) is 1.06. The zero-order valence-electron chi connectivity index (χ0n) is 10.8. The number of thioether (sulfide) groups is 1. The van der Waals surface area contributed by atoms with Crippen molar-refractivity contribution in [2.24, 2.45) is 4.99 Å². The molecule has 4 heteroatoms. The number of thiophene rings is 1. The second-order valence-corrected chi connectivity index (χ2v) is 6.37. The normalized spacial score (nSPS) is 20.7. The van der Waals surface area contributed by atoms with Gasteiger partial charge in [0.15, 0.2) is 5.17 Å². The quantitative estimate of drug-likeness (QED) is 0.923. The maximum absolute atomic E-state index is 4.68. The Morgan fingerprint density at radius 3 is 2.84 bits per heavy atom. The molecule has 2 heterocycles. The average Bonchev–Trinajstić information content (AvgIpc) is 3.06. The minimum Gasteiger partial charge on any atom is -0.357 e. The number of nitrogens with one attached hydrogen (secondary N) is 1. The molecule has 1 aliphatic rings. The summed E-state index contributed by atoms with van der Waals surface area (Å²) < 4.78 is 0. The van der Waals surface area contributed by atoms with Crippen molar-refractivity contribution in [1.82, 2.24) is 5.32 Å². The van der Waals surface area contributed by atoms with Crippen molar-refractivity contribution in [2.45, 2.75) is 19.5 Å². The van der Waals surface area contributed by atoms with Crippen LogP contribution < -0.4 is 5.32 Å². The first kappa shape index (κ1) is 12.8. The van der Waals surface area contributed by atoms with Crippen LogP contribution >= 0.6 is 23.1 Å². The number of aliphatic imine (C=N–C) groups is 1. The molecule has 98 valence electrons. The van der Waals surface area contributed by atoms with Crippen molar-refractivity contribution in [3.05, 3.63) is 57.8 Å². The number of aryl methyl sites for hydroxylation is 1. The number of hydrogen-bond acceptors (Lipinski definition) is 3. The molecule has 0 amide bonds. The van der Waals surface area contributed by atoms with E-state index in [-0.39, 0.29) is 0 Å². The van der Waals surface area contributed by atoms with E-state index in [0.29, 0.717) is 6.04 Å². The molecular weight excluding hydrogens is 272 g/mol. The molecule has 3 rings (SSSR count). The van der Waals surface area contributed by atoms with E-state index in [2.05, 4.69) is 58.3 Å². The Morgan fingerprint density at radius 2 is 2.11 bits per heavy atom. The van der Waals surface area contributed by atoms with Crippen LogP contribution in [0.1, 0.15) is 22.7 Å². The van der Waals surface area contributed by atoms with Gasteiger partial charge >= 0.3 is 0 Å². The third-order valence-electron chi connectivity index (χ3n) is 3.24. The Balaban J connectivity index is 1.64. The summed E-state index contributed by atoms with van der Waals surface area (Å²) in [6, 6.07) is 11.0. The lowest BCUT2D eigenvalue weighted by molar-refractivity contribution is 0.748. The van der Waals surface area contributed by atoms with Crippen molar-refractivity contribution >= 4 is 28.3 Å². The lowest BCUT2D eigenvalue weighted by Crippen LogP contribution is -2.19. The van der Waals surface area contributed by atoms with Crippen LogP contribution in [0.15, 0.2) is 46.1 Å². The minimum absolute atomic E-state index is 0.397. The molecule has 1 fully saturated rings. The summed E-state index contributed by atoms with van der Waals surface area (Å²) in [7, 11) is 0. The molecule has 19 heavy (non-hydrogen) atoms. The third kappa shape index (κ3) is 3.01. The molecule has 1 unspecified atom stereocenters. The third-order valence-corrected chi connectivity index (χ3v) is 5.17. The summed E-state index contributed by atoms with van der Waals surface area (Å²) in [6.07, 6.45) is 0. The van der Waals surface area contributed by atoms with E-state index >= 15 is 0 Å². The summed E-state index contributed by atoms with van der Waals surface area (Å²) in [5, 5.41) is 8.94.